The molecule has 0 saturated heterocycles. The molecule has 1 aromatic carbocycles. The lowest BCUT2D eigenvalue weighted by Gasteiger charge is -2.17. The predicted octanol–water partition coefficient (Wildman–Crippen LogP) is 4.02. The van der Waals surface area contributed by atoms with Gasteiger partial charge in [0.1, 0.15) is 23.7 Å². The van der Waals surface area contributed by atoms with E-state index in [0.717, 1.165) is 16.9 Å². The number of halogens is 1. The van der Waals surface area contributed by atoms with Crippen molar-refractivity contribution in [1.29, 1.82) is 0 Å². The first-order chi connectivity index (χ1) is 16.0. The van der Waals surface area contributed by atoms with Crippen molar-refractivity contribution in [3.05, 3.63) is 79.9 Å². The van der Waals surface area contributed by atoms with Crippen LogP contribution < -0.4 is 10.3 Å². The first kappa shape index (κ1) is 23.7. The molecule has 10 heteroatoms. The second-order valence-electron chi connectivity index (χ2n) is 8.38. The maximum absolute atomic E-state index is 14.6. The van der Waals surface area contributed by atoms with Crippen molar-refractivity contribution >= 4 is 11.3 Å². The van der Waals surface area contributed by atoms with Gasteiger partial charge in [0.05, 0.1) is 28.1 Å². The Kier molecular flexibility index (Phi) is 6.28. The Balaban J connectivity index is 1.72. The number of nitrogens with zero attached hydrogens (tertiary/aromatic N) is 5. The van der Waals surface area contributed by atoms with Gasteiger partial charge in [-0.15, -0.1) is 11.3 Å². The molecule has 0 aliphatic carbocycles. The van der Waals surface area contributed by atoms with Crippen LogP contribution in [0.15, 0.2) is 40.6 Å². The number of benzene rings is 1. The topological polar surface area (TPSA) is 103 Å². The van der Waals surface area contributed by atoms with Crippen LogP contribution >= 0.6 is 11.3 Å². The molecule has 0 aliphatic heterocycles. The number of aryl methyl sites for hydroxylation is 2. The van der Waals surface area contributed by atoms with E-state index in [-0.39, 0.29) is 29.6 Å². The molecule has 3 aromatic heterocycles. The van der Waals surface area contributed by atoms with Crippen molar-refractivity contribution in [1.82, 2.24) is 24.5 Å². The molecular weight excluding hydrogens is 457 g/mol. The van der Waals surface area contributed by atoms with E-state index in [1.807, 2.05) is 12.3 Å². The van der Waals surface area contributed by atoms with Crippen LogP contribution in [0.1, 0.15) is 41.8 Å². The summed E-state index contributed by atoms with van der Waals surface area (Å²) >= 11 is 1.53. The van der Waals surface area contributed by atoms with Gasteiger partial charge in [0.25, 0.3) is 5.56 Å². The van der Waals surface area contributed by atoms with Crippen molar-refractivity contribution in [2.45, 2.75) is 46.8 Å². The standard InChI is InChI=1S/C24H24FN5O3S/c1-13-21(33-11-17-12-34-15(3)28-17)27-14(2)30(22(13)31)18-8-6-7-16(9-18)20-19(25)10-26-23(29-20)24(4,5)32/h6-10,12,32H,11H2,1-5H3. The summed E-state index contributed by atoms with van der Waals surface area (Å²) in [6, 6.07) is 6.75. The van der Waals surface area contributed by atoms with E-state index < -0.39 is 11.4 Å². The Bertz CT molecular complexity index is 1430. The number of rotatable bonds is 6. The zero-order valence-corrected chi connectivity index (χ0v) is 20.3. The van der Waals surface area contributed by atoms with Gasteiger partial charge in [0.15, 0.2) is 11.6 Å². The summed E-state index contributed by atoms with van der Waals surface area (Å²) < 4.78 is 21.8. The first-order valence-electron chi connectivity index (χ1n) is 10.5. The molecule has 0 fully saturated rings. The lowest BCUT2D eigenvalue weighted by molar-refractivity contribution is 0.0686. The van der Waals surface area contributed by atoms with E-state index in [1.165, 1.54) is 29.8 Å². The molecule has 0 atom stereocenters. The van der Waals surface area contributed by atoms with Gasteiger partial charge in [-0.1, -0.05) is 12.1 Å². The van der Waals surface area contributed by atoms with E-state index in [4.69, 9.17) is 4.74 Å². The maximum atomic E-state index is 14.6. The number of thiazole rings is 1. The van der Waals surface area contributed by atoms with Crippen LogP contribution in [-0.4, -0.2) is 29.6 Å². The molecular formula is C24H24FN5O3S. The minimum absolute atomic E-state index is 0.0304. The number of hydrogen-bond donors (Lipinski definition) is 1. The lowest BCUT2D eigenvalue weighted by Crippen LogP contribution is -2.25. The highest BCUT2D eigenvalue weighted by molar-refractivity contribution is 7.09. The fourth-order valence-electron chi connectivity index (χ4n) is 3.41. The van der Waals surface area contributed by atoms with Crippen molar-refractivity contribution < 1.29 is 14.2 Å². The highest BCUT2D eigenvalue weighted by atomic mass is 32.1. The minimum Gasteiger partial charge on any atom is -0.471 e. The Morgan fingerprint density at radius 3 is 2.62 bits per heavy atom. The average Bonchev–Trinajstić information content (AvgIpc) is 3.20. The molecule has 3 heterocycles. The van der Waals surface area contributed by atoms with Gasteiger partial charge < -0.3 is 9.84 Å². The average molecular weight is 482 g/mol. The molecule has 0 amide bonds. The monoisotopic (exact) mass is 481 g/mol. The van der Waals surface area contributed by atoms with E-state index >= 15 is 0 Å². The summed E-state index contributed by atoms with van der Waals surface area (Å²) in [6.07, 6.45) is 1.03. The van der Waals surface area contributed by atoms with Crippen LogP contribution in [0.25, 0.3) is 16.9 Å². The third-order valence-corrected chi connectivity index (χ3v) is 5.95. The molecule has 0 saturated carbocycles. The fourth-order valence-corrected chi connectivity index (χ4v) is 4.00. The smallest absolute Gasteiger partial charge is 0.264 e. The third-order valence-electron chi connectivity index (χ3n) is 5.12. The summed E-state index contributed by atoms with van der Waals surface area (Å²) in [5, 5.41) is 13.1. The van der Waals surface area contributed by atoms with E-state index in [2.05, 4.69) is 19.9 Å². The van der Waals surface area contributed by atoms with Gasteiger partial charge in [0, 0.05) is 10.9 Å². The van der Waals surface area contributed by atoms with E-state index in [9.17, 15) is 14.3 Å². The van der Waals surface area contributed by atoms with Crippen LogP contribution in [0.4, 0.5) is 4.39 Å². The number of aromatic nitrogens is 5. The zero-order valence-electron chi connectivity index (χ0n) is 19.5. The second-order valence-corrected chi connectivity index (χ2v) is 9.44. The van der Waals surface area contributed by atoms with Crippen LogP contribution in [0.3, 0.4) is 0 Å². The van der Waals surface area contributed by atoms with E-state index in [1.54, 1.807) is 38.1 Å². The zero-order chi connectivity index (χ0) is 24.6. The maximum Gasteiger partial charge on any atom is 0.264 e. The molecule has 0 radical (unpaired) electrons. The van der Waals surface area contributed by atoms with Crippen LogP contribution in [-0.2, 0) is 12.2 Å². The predicted molar refractivity (Wildman–Crippen MR) is 127 cm³/mol. The Hall–Kier alpha value is -3.50. The Morgan fingerprint density at radius 1 is 1.18 bits per heavy atom. The third kappa shape index (κ3) is 4.73. The molecule has 8 nitrogen and oxygen atoms in total. The Labute approximate surface area is 199 Å². The molecule has 0 spiro atoms. The largest absolute Gasteiger partial charge is 0.471 e. The summed E-state index contributed by atoms with van der Waals surface area (Å²) in [5.41, 5.74) is 0.460. The van der Waals surface area contributed by atoms with Crippen molar-refractivity contribution in [2.24, 2.45) is 0 Å². The highest BCUT2D eigenvalue weighted by Crippen LogP contribution is 2.26. The molecule has 4 aromatic rings. The molecule has 0 bridgehead atoms. The van der Waals surface area contributed by atoms with Gasteiger partial charge in [-0.05, 0) is 46.8 Å². The van der Waals surface area contributed by atoms with Crippen molar-refractivity contribution in [3.63, 3.8) is 0 Å². The fraction of sp³-hybridized carbons (Fsp3) is 0.292. The van der Waals surface area contributed by atoms with Crippen LogP contribution in [0.2, 0.25) is 0 Å². The number of aliphatic hydroxyl groups is 1. The van der Waals surface area contributed by atoms with E-state index in [0.29, 0.717) is 22.6 Å². The molecule has 4 rings (SSSR count). The summed E-state index contributed by atoms with van der Waals surface area (Å²) in [4.78, 5) is 30.2. The van der Waals surface area contributed by atoms with Crippen molar-refractivity contribution in [3.8, 4) is 22.8 Å². The summed E-state index contributed by atoms with van der Waals surface area (Å²) in [5.74, 6) is 0.122. The van der Waals surface area contributed by atoms with Crippen molar-refractivity contribution in [2.75, 3.05) is 0 Å². The molecule has 1 N–H and O–H groups in total. The summed E-state index contributed by atoms with van der Waals surface area (Å²) in [6.45, 7) is 8.53. The van der Waals surface area contributed by atoms with Crippen LogP contribution in [0.5, 0.6) is 5.88 Å². The minimum atomic E-state index is -1.33. The van der Waals surface area contributed by atoms with Gasteiger partial charge in [-0.2, -0.15) is 4.98 Å². The molecule has 34 heavy (non-hydrogen) atoms. The number of hydrogen-bond acceptors (Lipinski definition) is 8. The van der Waals surface area contributed by atoms with Gasteiger partial charge >= 0.3 is 0 Å². The highest BCUT2D eigenvalue weighted by Gasteiger charge is 2.22. The number of ether oxygens (including phenoxy) is 1. The van der Waals surface area contributed by atoms with Crippen LogP contribution in [0, 0.1) is 26.6 Å². The van der Waals surface area contributed by atoms with Gasteiger partial charge in [0.2, 0.25) is 5.88 Å². The van der Waals surface area contributed by atoms with Gasteiger partial charge in [-0.3, -0.25) is 9.36 Å². The SMILES string of the molecule is Cc1nc(COc2nc(C)n(-c3cccc(-c4nc(C(C)(C)O)ncc4F)c3)c(=O)c2C)cs1. The molecule has 176 valence electrons. The second kappa shape index (κ2) is 9.03. The normalized spacial score (nSPS) is 11.6. The molecule has 0 aliphatic rings. The molecule has 0 unspecified atom stereocenters. The lowest BCUT2D eigenvalue weighted by atomic mass is 10.1. The first-order valence-corrected chi connectivity index (χ1v) is 11.4. The Morgan fingerprint density at radius 2 is 1.94 bits per heavy atom. The van der Waals surface area contributed by atoms with Gasteiger partial charge in [-0.25, -0.2) is 19.3 Å². The quantitative estimate of drug-likeness (QED) is 0.444. The summed E-state index contributed by atoms with van der Waals surface area (Å²) in [7, 11) is 0.